The number of carbonyl (C=O) groups excluding carboxylic acids is 3. The highest BCUT2D eigenvalue weighted by Crippen LogP contribution is 2.15. The second kappa shape index (κ2) is 9.12. The Morgan fingerprint density at radius 1 is 0.923 bits per heavy atom. The van der Waals surface area contributed by atoms with Crippen LogP contribution >= 0.6 is 11.6 Å². The molecule has 0 saturated carbocycles. The molecule has 0 saturated heterocycles. The summed E-state index contributed by atoms with van der Waals surface area (Å²) in [4.78, 5) is 36.5. The van der Waals surface area contributed by atoms with Crippen LogP contribution in [-0.4, -0.2) is 37.7 Å². The Labute approximate surface area is 157 Å². The number of quaternary nitrogens is 1. The van der Waals surface area contributed by atoms with Crippen molar-refractivity contribution in [3.8, 4) is 0 Å². The van der Waals surface area contributed by atoms with Crippen molar-refractivity contribution in [2.24, 2.45) is 0 Å². The minimum atomic E-state index is -0.268. The molecule has 1 atom stereocenters. The fourth-order valence-electron chi connectivity index (χ4n) is 2.44. The summed E-state index contributed by atoms with van der Waals surface area (Å²) >= 11 is 5.80. The first kappa shape index (κ1) is 19.6. The van der Waals surface area contributed by atoms with E-state index < -0.39 is 0 Å². The molecule has 2 aromatic carbocycles. The molecule has 2 amide bonds. The molecule has 3 N–H and O–H groups in total. The molecule has 0 radical (unpaired) electrons. The van der Waals surface area contributed by atoms with Gasteiger partial charge in [0.1, 0.15) is 0 Å². The van der Waals surface area contributed by atoms with Crippen molar-refractivity contribution in [3.05, 3.63) is 59.1 Å². The molecule has 0 bridgehead atoms. The monoisotopic (exact) mass is 374 g/mol. The normalized spacial score (nSPS) is 11.5. The first-order valence-corrected chi connectivity index (χ1v) is 8.49. The molecule has 1 unspecified atom stereocenters. The number of amides is 2. The molecular weight excluding hydrogens is 354 g/mol. The average molecular weight is 375 g/mol. The van der Waals surface area contributed by atoms with Crippen LogP contribution in [0.1, 0.15) is 17.3 Å². The summed E-state index contributed by atoms with van der Waals surface area (Å²) in [6.45, 7) is 1.67. The van der Waals surface area contributed by atoms with Crippen LogP contribution in [0.5, 0.6) is 0 Å². The van der Waals surface area contributed by atoms with Crippen LogP contribution in [0.25, 0.3) is 0 Å². The quantitative estimate of drug-likeness (QED) is 0.644. The van der Waals surface area contributed by atoms with Crippen molar-refractivity contribution in [2.45, 2.75) is 6.92 Å². The molecule has 0 heterocycles. The Morgan fingerprint density at radius 2 is 1.50 bits per heavy atom. The van der Waals surface area contributed by atoms with Crippen molar-refractivity contribution < 1.29 is 19.3 Å². The summed E-state index contributed by atoms with van der Waals surface area (Å²) in [5.41, 5.74) is 1.58. The van der Waals surface area contributed by atoms with E-state index in [1.165, 1.54) is 6.92 Å². The molecular formula is C19H21ClN3O3+. The topological polar surface area (TPSA) is 79.7 Å². The summed E-state index contributed by atoms with van der Waals surface area (Å²) in [5.74, 6) is -0.596. The predicted octanol–water partition coefficient (Wildman–Crippen LogP) is 1.63. The van der Waals surface area contributed by atoms with Crippen LogP contribution < -0.4 is 15.5 Å². The third kappa shape index (κ3) is 5.98. The van der Waals surface area contributed by atoms with E-state index in [0.717, 1.165) is 0 Å². The van der Waals surface area contributed by atoms with Crippen LogP contribution in [0, 0.1) is 0 Å². The highest BCUT2D eigenvalue weighted by molar-refractivity contribution is 6.30. The largest absolute Gasteiger partial charge is 0.322 e. The number of para-hydroxylation sites is 1. The van der Waals surface area contributed by atoms with Gasteiger partial charge in [-0.3, -0.25) is 14.4 Å². The van der Waals surface area contributed by atoms with E-state index in [4.69, 9.17) is 11.6 Å². The van der Waals surface area contributed by atoms with E-state index in [0.29, 0.717) is 26.9 Å². The molecule has 26 heavy (non-hydrogen) atoms. The zero-order valence-electron chi connectivity index (χ0n) is 14.6. The van der Waals surface area contributed by atoms with Gasteiger partial charge in [0.25, 0.3) is 11.8 Å². The minimum absolute atomic E-state index is 0.0975. The number of likely N-dealkylation sites (N-methyl/N-ethyl adjacent to an activating group) is 1. The third-order valence-electron chi connectivity index (χ3n) is 3.63. The van der Waals surface area contributed by atoms with Gasteiger partial charge in [-0.1, -0.05) is 23.7 Å². The van der Waals surface area contributed by atoms with E-state index in [2.05, 4.69) is 10.6 Å². The van der Waals surface area contributed by atoms with Crippen LogP contribution in [0.15, 0.2) is 48.5 Å². The first-order chi connectivity index (χ1) is 12.3. The predicted molar refractivity (Wildman–Crippen MR) is 102 cm³/mol. The Balaban J connectivity index is 1.86. The number of halogens is 1. The molecule has 6 nitrogen and oxygen atoms in total. The molecule has 2 aromatic rings. The maximum absolute atomic E-state index is 12.2. The van der Waals surface area contributed by atoms with Gasteiger partial charge in [-0.15, -0.1) is 0 Å². The molecule has 136 valence electrons. The van der Waals surface area contributed by atoms with Gasteiger partial charge in [0.15, 0.2) is 18.9 Å². The SMILES string of the molecule is CC(=O)c1ccccc1NC(=O)C[NH+](C)CC(=O)Nc1ccc(Cl)cc1. The van der Waals surface area contributed by atoms with E-state index in [9.17, 15) is 14.4 Å². The lowest BCUT2D eigenvalue weighted by atomic mass is 10.1. The number of benzene rings is 2. The Morgan fingerprint density at radius 3 is 2.12 bits per heavy atom. The number of Topliss-reactive ketones (excluding diaryl/α,β-unsaturated/α-hetero) is 1. The van der Waals surface area contributed by atoms with Crippen LogP contribution in [0.3, 0.4) is 0 Å². The standard InChI is InChI=1S/C19H20ClN3O3/c1-13(24)16-5-3-4-6-17(16)22-19(26)12-23(2)11-18(25)21-15-9-7-14(20)8-10-15/h3-10H,11-12H2,1-2H3,(H,21,25)(H,22,26)/p+1. The molecule has 0 aliphatic rings. The fraction of sp³-hybridized carbons (Fsp3) is 0.211. The van der Waals surface area contributed by atoms with Gasteiger partial charge in [-0.2, -0.15) is 0 Å². The number of rotatable bonds is 7. The third-order valence-corrected chi connectivity index (χ3v) is 3.89. The fourth-order valence-corrected chi connectivity index (χ4v) is 2.57. The minimum Gasteiger partial charge on any atom is -0.322 e. The summed E-state index contributed by atoms with van der Waals surface area (Å²) in [6, 6.07) is 13.6. The first-order valence-electron chi connectivity index (χ1n) is 8.11. The summed E-state index contributed by atoms with van der Waals surface area (Å²) in [5, 5.41) is 6.07. The van der Waals surface area contributed by atoms with Gasteiger partial charge >= 0.3 is 0 Å². The van der Waals surface area contributed by atoms with Crippen molar-refractivity contribution in [1.82, 2.24) is 0 Å². The second-order valence-corrected chi connectivity index (χ2v) is 6.45. The Bertz CT molecular complexity index is 806. The van der Waals surface area contributed by atoms with E-state index in [-0.39, 0.29) is 30.7 Å². The lowest BCUT2D eigenvalue weighted by Crippen LogP contribution is -3.11. The van der Waals surface area contributed by atoms with Crippen molar-refractivity contribution in [2.75, 3.05) is 30.8 Å². The van der Waals surface area contributed by atoms with Gasteiger partial charge in [0, 0.05) is 16.3 Å². The Kier molecular flexibility index (Phi) is 6.89. The van der Waals surface area contributed by atoms with Crippen molar-refractivity contribution in [3.63, 3.8) is 0 Å². The van der Waals surface area contributed by atoms with Crippen molar-refractivity contribution in [1.29, 1.82) is 0 Å². The molecule has 0 aliphatic heterocycles. The van der Waals surface area contributed by atoms with Crippen LogP contribution in [-0.2, 0) is 9.59 Å². The molecule has 2 rings (SSSR count). The highest BCUT2D eigenvalue weighted by Gasteiger charge is 2.16. The van der Waals surface area contributed by atoms with E-state index in [1.54, 1.807) is 55.6 Å². The smallest absolute Gasteiger partial charge is 0.279 e. The van der Waals surface area contributed by atoms with Gasteiger partial charge < -0.3 is 15.5 Å². The molecule has 0 spiro atoms. The number of hydrogen-bond acceptors (Lipinski definition) is 3. The summed E-state index contributed by atoms with van der Waals surface area (Å²) in [6.07, 6.45) is 0. The summed E-state index contributed by atoms with van der Waals surface area (Å²) in [7, 11) is 1.75. The van der Waals surface area contributed by atoms with Gasteiger partial charge in [-0.25, -0.2) is 0 Å². The highest BCUT2D eigenvalue weighted by atomic mass is 35.5. The number of nitrogens with one attached hydrogen (secondary N) is 3. The number of anilines is 2. The molecule has 7 heteroatoms. The lowest BCUT2D eigenvalue weighted by Gasteiger charge is -2.14. The van der Waals surface area contributed by atoms with Gasteiger partial charge in [-0.05, 0) is 43.3 Å². The average Bonchev–Trinajstić information content (AvgIpc) is 2.56. The molecule has 0 aliphatic carbocycles. The van der Waals surface area contributed by atoms with Crippen LogP contribution in [0.2, 0.25) is 5.02 Å². The maximum atomic E-state index is 12.2. The van der Waals surface area contributed by atoms with Gasteiger partial charge in [0.2, 0.25) is 0 Å². The van der Waals surface area contributed by atoms with E-state index >= 15 is 0 Å². The Hall–Kier alpha value is -2.70. The number of hydrogen-bond donors (Lipinski definition) is 3. The van der Waals surface area contributed by atoms with Crippen molar-refractivity contribution >= 4 is 40.6 Å². The van der Waals surface area contributed by atoms with E-state index in [1.807, 2.05) is 0 Å². The molecule has 0 fully saturated rings. The molecule has 0 aromatic heterocycles. The van der Waals surface area contributed by atoms with Crippen LogP contribution in [0.4, 0.5) is 11.4 Å². The maximum Gasteiger partial charge on any atom is 0.279 e. The number of ketones is 1. The lowest BCUT2D eigenvalue weighted by molar-refractivity contribution is -0.862. The zero-order chi connectivity index (χ0) is 19.1. The van der Waals surface area contributed by atoms with Gasteiger partial charge in [0.05, 0.1) is 12.7 Å². The summed E-state index contributed by atoms with van der Waals surface area (Å²) < 4.78 is 0. The number of carbonyl (C=O) groups is 3. The second-order valence-electron chi connectivity index (χ2n) is 6.02. The zero-order valence-corrected chi connectivity index (χ0v) is 15.4.